The molecule has 1 heterocycles. The minimum Gasteiger partial charge on any atom is -0.492 e. The van der Waals surface area contributed by atoms with Crippen molar-refractivity contribution in [3.8, 4) is 5.75 Å². The molecular weight excluding hydrogens is 394 g/mol. The van der Waals surface area contributed by atoms with Gasteiger partial charge in [-0.1, -0.05) is 18.2 Å². The van der Waals surface area contributed by atoms with Gasteiger partial charge in [0, 0.05) is 50.9 Å². The first-order valence-corrected chi connectivity index (χ1v) is 10.4. The van der Waals surface area contributed by atoms with Gasteiger partial charge in [0.2, 0.25) is 11.8 Å². The van der Waals surface area contributed by atoms with Crippen molar-refractivity contribution in [2.24, 2.45) is 4.99 Å². The van der Waals surface area contributed by atoms with E-state index in [0.717, 1.165) is 24.2 Å². The first-order chi connectivity index (χ1) is 15.0. The standard InChI is InChI=1S/C23H29N5O3/c1-17(29)27-19-5-3-6-21(15-19)31-14-12-25-23(24-2)26-16-18-8-10-20(11-9-18)28-13-4-7-22(28)30/h3,5-6,8-11,15H,4,7,12-14,16H2,1-2H3,(H,27,29)(H2,24,25,26). The Bertz CT molecular complexity index is 927. The van der Waals surface area contributed by atoms with E-state index in [9.17, 15) is 9.59 Å². The van der Waals surface area contributed by atoms with Gasteiger partial charge in [0.15, 0.2) is 5.96 Å². The summed E-state index contributed by atoms with van der Waals surface area (Å²) in [7, 11) is 1.72. The Kier molecular flexibility index (Phi) is 7.86. The number of ether oxygens (including phenoxy) is 1. The molecule has 2 aromatic carbocycles. The number of aliphatic imine (C=N–C) groups is 1. The van der Waals surface area contributed by atoms with Crippen LogP contribution < -0.4 is 25.6 Å². The largest absolute Gasteiger partial charge is 0.492 e. The molecule has 1 saturated heterocycles. The Hall–Kier alpha value is -3.55. The molecule has 1 fully saturated rings. The predicted molar refractivity (Wildman–Crippen MR) is 122 cm³/mol. The maximum atomic E-state index is 11.9. The lowest BCUT2D eigenvalue weighted by molar-refractivity contribution is -0.117. The fourth-order valence-electron chi connectivity index (χ4n) is 3.33. The molecule has 1 aliphatic heterocycles. The van der Waals surface area contributed by atoms with Crippen LogP contribution in [0.25, 0.3) is 0 Å². The normalized spacial score (nSPS) is 13.8. The highest BCUT2D eigenvalue weighted by atomic mass is 16.5. The van der Waals surface area contributed by atoms with Crippen LogP contribution in [-0.4, -0.2) is 44.5 Å². The van der Waals surface area contributed by atoms with E-state index in [1.807, 2.05) is 47.4 Å². The van der Waals surface area contributed by atoms with Crippen LogP contribution in [-0.2, 0) is 16.1 Å². The van der Waals surface area contributed by atoms with E-state index in [2.05, 4.69) is 20.9 Å². The van der Waals surface area contributed by atoms with Gasteiger partial charge in [-0.25, -0.2) is 0 Å². The molecule has 1 aliphatic rings. The van der Waals surface area contributed by atoms with Crippen LogP contribution in [0.4, 0.5) is 11.4 Å². The van der Waals surface area contributed by atoms with Gasteiger partial charge in [-0.3, -0.25) is 14.6 Å². The minimum atomic E-state index is -0.118. The SMILES string of the molecule is CN=C(NCCOc1cccc(NC(C)=O)c1)NCc1ccc(N2CCCC2=O)cc1. The lowest BCUT2D eigenvalue weighted by atomic mass is 10.2. The van der Waals surface area contributed by atoms with Crippen LogP contribution >= 0.6 is 0 Å². The summed E-state index contributed by atoms with van der Waals surface area (Å²) >= 11 is 0. The van der Waals surface area contributed by atoms with E-state index < -0.39 is 0 Å². The molecule has 0 unspecified atom stereocenters. The molecule has 2 aromatic rings. The average Bonchev–Trinajstić information content (AvgIpc) is 3.19. The van der Waals surface area contributed by atoms with Gasteiger partial charge in [0.25, 0.3) is 0 Å². The molecule has 164 valence electrons. The molecule has 8 heteroatoms. The summed E-state index contributed by atoms with van der Waals surface area (Å²) in [5.41, 5.74) is 2.76. The van der Waals surface area contributed by atoms with Crippen molar-refractivity contribution in [2.45, 2.75) is 26.3 Å². The number of rotatable bonds is 8. The van der Waals surface area contributed by atoms with E-state index >= 15 is 0 Å². The molecule has 0 aliphatic carbocycles. The molecule has 0 bridgehead atoms. The number of anilines is 2. The number of carbonyl (C=O) groups excluding carboxylic acids is 2. The fraction of sp³-hybridized carbons (Fsp3) is 0.348. The maximum absolute atomic E-state index is 11.9. The lowest BCUT2D eigenvalue weighted by Gasteiger charge is -2.16. The average molecular weight is 424 g/mol. The number of nitrogens with zero attached hydrogens (tertiary/aromatic N) is 2. The number of hydrogen-bond donors (Lipinski definition) is 3. The van der Waals surface area contributed by atoms with Gasteiger partial charge in [0.1, 0.15) is 12.4 Å². The van der Waals surface area contributed by atoms with Crippen LogP contribution in [0.15, 0.2) is 53.5 Å². The maximum Gasteiger partial charge on any atom is 0.227 e. The van der Waals surface area contributed by atoms with Crippen LogP contribution in [0.3, 0.4) is 0 Å². The number of nitrogens with one attached hydrogen (secondary N) is 3. The van der Waals surface area contributed by atoms with Gasteiger partial charge < -0.3 is 25.6 Å². The zero-order chi connectivity index (χ0) is 22.1. The van der Waals surface area contributed by atoms with Crippen molar-refractivity contribution in [1.29, 1.82) is 0 Å². The molecule has 31 heavy (non-hydrogen) atoms. The van der Waals surface area contributed by atoms with Crippen molar-refractivity contribution in [1.82, 2.24) is 10.6 Å². The number of carbonyl (C=O) groups is 2. The lowest BCUT2D eigenvalue weighted by Crippen LogP contribution is -2.38. The van der Waals surface area contributed by atoms with Crippen molar-refractivity contribution in [3.63, 3.8) is 0 Å². The summed E-state index contributed by atoms with van der Waals surface area (Å²) < 4.78 is 5.73. The third-order valence-corrected chi connectivity index (χ3v) is 4.82. The summed E-state index contributed by atoms with van der Waals surface area (Å²) in [4.78, 5) is 29.1. The molecule has 0 aromatic heterocycles. The number of hydrogen-bond acceptors (Lipinski definition) is 4. The third-order valence-electron chi connectivity index (χ3n) is 4.82. The monoisotopic (exact) mass is 423 g/mol. The first kappa shape index (κ1) is 22.1. The van der Waals surface area contributed by atoms with E-state index in [1.54, 1.807) is 13.1 Å². The topological polar surface area (TPSA) is 95.1 Å². The molecule has 0 atom stereocenters. The number of benzene rings is 2. The Morgan fingerprint density at radius 2 is 1.97 bits per heavy atom. The smallest absolute Gasteiger partial charge is 0.227 e. The van der Waals surface area contributed by atoms with Crippen molar-refractivity contribution < 1.29 is 14.3 Å². The van der Waals surface area contributed by atoms with E-state index in [0.29, 0.717) is 43.5 Å². The Morgan fingerprint density at radius 3 is 2.65 bits per heavy atom. The summed E-state index contributed by atoms with van der Waals surface area (Å²) in [6.45, 7) is 3.90. The first-order valence-electron chi connectivity index (χ1n) is 10.4. The zero-order valence-corrected chi connectivity index (χ0v) is 18.0. The molecule has 3 N–H and O–H groups in total. The van der Waals surface area contributed by atoms with E-state index in [1.165, 1.54) is 6.92 Å². The van der Waals surface area contributed by atoms with Gasteiger partial charge in [0.05, 0.1) is 6.54 Å². The van der Waals surface area contributed by atoms with E-state index in [-0.39, 0.29) is 11.8 Å². The Balaban J connectivity index is 1.40. The molecule has 8 nitrogen and oxygen atoms in total. The van der Waals surface area contributed by atoms with E-state index in [4.69, 9.17) is 4.74 Å². The van der Waals surface area contributed by atoms with Crippen LogP contribution in [0.2, 0.25) is 0 Å². The fourth-order valence-corrected chi connectivity index (χ4v) is 3.33. The van der Waals surface area contributed by atoms with Gasteiger partial charge in [-0.05, 0) is 36.2 Å². The molecule has 3 rings (SSSR count). The Labute approximate surface area is 182 Å². The predicted octanol–water partition coefficient (Wildman–Crippen LogP) is 2.52. The number of guanidine groups is 1. The highest BCUT2D eigenvalue weighted by Crippen LogP contribution is 2.21. The zero-order valence-electron chi connectivity index (χ0n) is 18.0. The van der Waals surface area contributed by atoms with Gasteiger partial charge in [-0.15, -0.1) is 0 Å². The molecule has 2 amide bonds. The third kappa shape index (κ3) is 6.74. The van der Waals surface area contributed by atoms with Gasteiger partial charge >= 0.3 is 0 Å². The van der Waals surface area contributed by atoms with Crippen molar-refractivity contribution >= 4 is 29.1 Å². The quantitative estimate of drug-likeness (QED) is 0.345. The second kappa shape index (κ2) is 11.0. The molecule has 0 spiro atoms. The van der Waals surface area contributed by atoms with Gasteiger partial charge in [-0.2, -0.15) is 0 Å². The molecule has 0 saturated carbocycles. The minimum absolute atomic E-state index is 0.118. The summed E-state index contributed by atoms with van der Waals surface area (Å²) in [5, 5.41) is 9.21. The van der Waals surface area contributed by atoms with Crippen molar-refractivity contribution in [3.05, 3.63) is 54.1 Å². The molecule has 0 radical (unpaired) electrons. The number of amides is 2. The van der Waals surface area contributed by atoms with Crippen LogP contribution in [0.1, 0.15) is 25.3 Å². The summed E-state index contributed by atoms with van der Waals surface area (Å²) in [6, 6.07) is 15.3. The van der Waals surface area contributed by atoms with Crippen LogP contribution in [0.5, 0.6) is 5.75 Å². The summed E-state index contributed by atoms with van der Waals surface area (Å²) in [6.07, 6.45) is 1.56. The van der Waals surface area contributed by atoms with Crippen LogP contribution in [0, 0.1) is 0 Å². The Morgan fingerprint density at radius 1 is 1.16 bits per heavy atom. The second-order valence-electron chi connectivity index (χ2n) is 7.23. The summed E-state index contributed by atoms with van der Waals surface area (Å²) in [5.74, 6) is 1.44. The highest BCUT2D eigenvalue weighted by Gasteiger charge is 2.21. The second-order valence-corrected chi connectivity index (χ2v) is 7.23. The van der Waals surface area contributed by atoms with Crippen molar-refractivity contribution in [2.75, 3.05) is 37.0 Å². The highest BCUT2D eigenvalue weighted by molar-refractivity contribution is 5.95. The molecular formula is C23H29N5O3.